The zero-order valence-corrected chi connectivity index (χ0v) is 13.0. The van der Waals surface area contributed by atoms with Gasteiger partial charge in [-0.15, -0.1) is 0 Å². The first-order chi connectivity index (χ1) is 10.1. The number of morpholine rings is 1. The van der Waals surface area contributed by atoms with Crippen LogP contribution in [0.1, 0.15) is 12.0 Å². The second kappa shape index (κ2) is 6.44. The highest BCUT2D eigenvalue weighted by Crippen LogP contribution is 2.24. The third-order valence-corrected chi connectivity index (χ3v) is 4.97. The van der Waals surface area contributed by atoms with Gasteiger partial charge in [0.2, 0.25) is 5.91 Å². The van der Waals surface area contributed by atoms with E-state index in [0.717, 1.165) is 31.9 Å². The zero-order valence-electron chi connectivity index (χ0n) is 12.2. The first-order valence-corrected chi connectivity index (χ1v) is 8.40. The maximum atomic E-state index is 12.3. The fourth-order valence-electron chi connectivity index (χ4n) is 3.05. The Kier molecular flexibility index (Phi) is 4.59. The van der Waals surface area contributed by atoms with E-state index in [-0.39, 0.29) is 5.91 Å². The molecule has 1 amide bonds. The highest BCUT2D eigenvalue weighted by molar-refractivity contribution is 7.07. The Morgan fingerprint density at radius 3 is 2.90 bits per heavy atom. The van der Waals surface area contributed by atoms with Crippen molar-refractivity contribution in [3.8, 4) is 0 Å². The number of aliphatic hydroxyl groups is 1. The van der Waals surface area contributed by atoms with Crippen molar-refractivity contribution >= 4 is 17.2 Å². The van der Waals surface area contributed by atoms with E-state index < -0.39 is 5.60 Å². The van der Waals surface area contributed by atoms with Crippen LogP contribution in [0.2, 0.25) is 0 Å². The summed E-state index contributed by atoms with van der Waals surface area (Å²) in [5.41, 5.74) is 0.301. The average molecular weight is 310 g/mol. The van der Waals surface area contributed by atoms with E-state index in [9.17, 15) is 9.90 Å². The minimum absolute atomic E-state index is 0.117. The third-order valence-electron chi connectivity index (χ3n) is 4.24. The molecular formula is C15H22N2O3S. The Labute approximate surface area is 129 Å². The Hall–Kier alpha value is -0.950. The minimum atomic E-state index is -0.762. The second-order valence-electron chi connectivity index (χ2n) is 5.99. The maximum Gasteiger partial charge on any atom is 0.227 e. The lowest BCUT2D eigenvalue weighted by molar-refractivity contribution is -0.130. The van der Waals surface area contributed by atoms with Crippen molar-refractivity contribution < 1.29 is 14.6 Å². The Morgan fingerprint density at radius 2 is 2.19 bits per heavy atom. The predicted molar refractivity (Wildman–Crippen MR) is 81.4 cm³/mol. The lowest BCUT2D eigenvalue weighted by atomic mass is 10.0. The van der Waals surface area contributed by atoms with E-state index in [4.69, 9.17) is 4.74 Å². The fourth-order valence-corrected chi connectivity index (χ4v) is 3.72. The molecule has 0 saturated carbocycles. The Balaban J connectivity index is 1.52. The van der Waals surface area contributed by atoms with Gasteiger partial charge in [-0.3, -0.25) is 9.69 Å². The zero-order chi connectivity index (χ0) is 14.7. The van der Waals surface area contributed by atoms with Gasteiger partial charge in [0, 0.05) is 26.2 Å². The summed E-state index contributed by atoms with van der Waals surface area (Å²) < 4.78 is 5.33. The topological polar surface area (TPSA) is 53.0 Å². The average Bonchev–Trinajstić information content (AvgIpc) is 3.10. The number of β-amino-alcohol motifs (C(OH)–C–C–N with tert-alkyl or cyclic N) is 1. The van der Waals surface area contributed by atoms with Gasteiger partial charge in [-0.1, -0.05) is 0 Å². The van der Waals surface area contributed by atoms with Crippen molar-refractivity contribution in [1.29, 1.82) is 0 Å². The summed E-state index contributed by atoms with van der Waals surface area (Å²) in [6.07, 6.45) is 1.11. The molecule has 3 rings (SSSR count). The summed E-state index contributed by atoms with van der Waals surface area (Å²) in [6, 6.07) is 1.98. The lowest BCUT2D eigenvalue weighted by Crippen LogP contribution is -2.49. The van der Waals surface area contributed by atoms with Gasteiger partial charge in [0.1, 0.15) is 0 Å². The maximum absolute atomic E-state index is 12.3. The molecule has 116 valence electrons. The number of rotatable bonds is 4. The van der Waals surface area contributed by atoms with E-state index in [1.807, 2.05) is 16.8 Å². The van der Waals surface area contributed by atoms with E-state index in [0.29, 0.717) is 32.5 Å². The van der Waals surface area contributed by atoms with Crippen LogP contribution in [-0.4, -0.2) is 72.4 Å². The molecule has 6 heteroatoms. The van der Waals surface area contributed by atoms with E-state index in [2.05, 4.69) is 4.90 Å². The molecule has 1 aromatic heterocycles. The number of hydrogen-bond donors (Lipinski definition) is 1. The Morgan fingerprint density at radius 1 is 1.38 bits per heavy atom. The van der Waals surface area contributed by atoms with Crippen LogP contribution in [0.25, 0.3) is 0 Å². The smallest absolute Gasteiger partial charge is 0.227 e. The van der Waals surface area contributed by atoms with E-state index in [1.165, 1.54) is 0 Å². The number of nitrogens with zero attached hydrogens (tertiary/aromatic N) is 2. The summed E-state index contributed by atoms with van der Waals surface area (Å²) >= 11 is 1.61. The molecular weight excluding hydrogens is 288 g/mol. The fraction of sp³-hybridized carbons (Fsp3) is 0.667. The number of hydrogen-bond acceptors (Lipinski definition) is 5. The number of likely N-dealkylation sites (tertiary alicyclic amines) is 1. The molecule has 2 aliphatic rings. The van der Waals surface area contributed by atoms with Crippen LogP contribution in [-0.2, 0) is 16.0 Å². The number of thiophene rings is 1. The highest BCUT2D eigenvalue weighted by Gasteiger charge is 2.39. The van der Waals surface area contributed by atoms with Gasteiger partial charge in [-0.25, -0.2) is 0 Å². The highest BCUT2D eigenvalue weighted by atomic mass is 32.1. The van der Waals surface area contributed by atoms with Gasteiger partial charge in [0.25, 0.3) is 0 Å². The van der Waals surface area contributed by atoms with Crippen LogP contribution in [0.5, 0.6) is 0 Å². The number of ether oxygens (including phenoxy) is 1. The van der Waals surface area contributed by atoms with Gasteiger partial charge in [-0.05, 0) is 28.8 Å². The molecule has 1 atom stereocenters. The third kappa shape index (κ3) is 3.83. The van der Waals surface area contributed by atoms with Crippen molar-refractivity contribution in [2.24, 2.45) is 0 Å². The normalized spacial score (nSPS) is 27.2. The molecule has 2 saturated heterocycles. The molecule has 0 spiro atoms. The molecule has 0 unspecified atom stereocenters. The van der Waals surface area contributed by atoms with Crippen LogP contribution >= 0.6 is 11.3 Å². The molecule has 3 heterocycles. The standard InChI is InChI=1S/C15H22N2O3S/c18-14(9-13-1-8-21-10-13)17-3-2-15(19,12-17)11-16-4-6-20-7-5-16/h1,8,10,19H,2-7,9,11-12H2/t15-/m0/s1. The summed E-state index contributed by atoms with van der Waals surface area (Å²) in [5.74, 6) is 0.117. The molecule has 5 nitrogen and oxygen atoms in total. The molecule has 21 heavy (non-hydrogen) atoms. The van der Waals surface area contributed by atoms with Crippen molar-refractivity contribution in [3.63, 3.8) is 0 Å². The van der Waals surface area contributed by atoms with Crippen LogP contribution in [0.3, 0.4) is 0 Å². The largest absolute Gasteiger partial charge is 0.387 e. The summed E-state index contributed by atoms with van der Waals surface area (Å²) in [6.45, 7) is 4.94. The number of amides is 1. The van der Waals surface area contributed by atoms with Crippen LogP contribution < -0.4 is 0 Å². The van der Waals surface area contributed by atoms with Gasteiger partial charge in [-0.2, -0.15) is 11.3 Å². The summed E-state index contributed by atoms with van der Waals surface area (Å²) in [4.78, 5) is 16.3. The van der Waals surface area contributed by atoms with Crippen LogP contribution in [0.15, 0.2) is 16.8 Å². The SMILES string of the molecule is O=C(Cc1ccsc1)N1CC[C@](O)(CN2CCOCC2)C1. The molecule has 2 fully saturated rings. The van der Waals surface area contributed by atoms with Crippen molar-refractivity contribution in [3.05, 3.63) is 22.4 Å². The quantitative estimate of drug-likeness (QED) is 0.884. The minimum Gasteiger partial charge on any atom is -0.387 e. The van der Waals surface area contributed by atoms with Gasteiger partial charge in [0.05, 0.1) is 31.8 Å². The molecule has 0 radical (unpaired) electrons. The summed E-state index contributed by atoms with van der Waals surface area (Å²) in [5, 5.41) is 14.7. The first kappa shape index (κ1) is 15.0. The van der Waals surface area contributed by atoms with Gasteiger partial charge < -0.3 is 14.7 Å². The van der Waals surface area contributed by atoms with Crippen molar-refractivity contribution in [1.82, 2.24) is 9.80 Å². The predicted octanol–water partition coefficient (Wildman–Crippen LogP) is 0.586. The molecule has 0 aliphatic carbocycles. The molecule has 2 aliphatic heterocycles. The van der Waals surface area contributed by atoms with Gasteiger partial charge >= 0.3 is 0 Å². The van der Waals surface area contributed by atoms with Crippen LogP contribution in [0, 0.1) is 0 Å². The summed E-state index contributed by atoms with van der Waals surface area (Å²) in [7, 11) is 0. The van der Waals surface area contributed by atoms with Crippen molar-refractivity contribution in [2.75, 3.05) is 45.9 Å². The van der Waals surface area contributed by atoms with Gasteiger partial charge in [0.15, 0.2) is 0 Å². The van der Waals surface area contributed by atoms with E-state index >= 15 is 0 Å². The Bertz CT molecular complexity index is 473. The van der Waals surface area contributed by atoms with Crippen LogP contribution in [0.4, 0.5) is 0 Å². The molecule has 1 aromatic rings. The second-order valence-corrected chi connectivity index (χ2v) is 6.77. The monoisotopic (exact) mass is 310 g/mol. The van der Waals surface area contributed by atoms with E-state index in [1.54, 1.807) is 16.2 Å². The number of carbonyl (C=O) groups is 1. The molecule has 0 aromatic carbocycles. The molecule has 0 bridgehead atoms. The molecule has 1 N–H and O–H groups in total. The van der Waals surface area contributed by atoms with Crippen molar-refractivity contribution in [2.45, 2.75) is 18.4 Å². The first-order valence-electron chi connectivity index (χ1n) is 7.46. The number of carbonyl (C=O) groups excluding carboxylic acids is 1. The lowest BCUT2D eigenvalue weighted by Gasteiger charge is -2.33.